The molecule has 0 spiro atoms. The molecule has 32 heavy (non-hydrogen) atoms. The molecule has 0 bridgehead atoms. The highest BCUT2D eigenvalue weighted by molar-refractivity contribution is 7.90. The van der Waals surface area contributed by atoms with Crippen molar-refractivity contribution in [3.05, 3.63) is 71.5 Å². The number of carbonyl (C=O) groups is 1. The van der Waals surface area contributed by atoms with E-state index in [1.54, 1.807) is 25.4 Å². The number of rotatable bonds is 8. The van der Waals surface area contributed by atoms with Gasteiger partial charge in [-0.05, 0) is 47.9 Å². The predicted octanol–water partition coefficient (Wildman–Crippen LogP) is 5.01. The standard InChI is InChI=1S/C18H23NO4S.C8H10/c1-12-9-15(12)11-23-18(13(2)20)17(10-19-3)14-5-7-16(8-6-14)24(4,21)22;1-2-8-6-4-3-5-7-8/h5-8,10,12,15H,9,11H2,1-4H3;3-7H,2H2,1H3/b18-17-,19-10?;. The molecule has 0 heterocycles. The number of sulfone groups is 1. The summed E-state index contributed by atoms with van der Waals surface area (Å²) < 4.78 is 28.9. The van der Waals surface area contributed by atoms with Crippen LogP contribution in [0.15, 0.2) is 70.2 Å². The number of aryl methyl sites for hydroxylation is 1. The van der Waals surface area contributed by atoms with Gasteiger partial charge in [-0.1, -0.05) is 56.3 Å². The number of aliphatic imine (C=N–C) groups is 1. The third kappa shape index (κ3) is 7.75. The lowest BCUT2D eigenvalue weighted by Gasteiger charge is -2.12. The minimum absolute atomic E-state index is 0.176. The molecule has 6 heteroatoms. The summed E-state index contributed by atoms with van der Waals surface area (Å²) in [7, 11) is -1.64. The van der Waals surface area contributed by atoms with Crippen LogP contribution in [0.3, 0.4) is 0 Å². The van der Waals surface area contributed by atoms with Crippen LogP contribution in [0, 0.1) is 11.8 Å². The van der Waals surface area contributed by atoms with Gasteiger partial charge in [0, 0.05) is 32.0 Å². The molecule has 1 aliphatic rings. The van der Waals surface area contributed by atoms with Crippen LogP contribution in [-0.2, 0) is 25.8 Å². The first-order valence-corrected chi connectivity index (χ1v) is 12.7. The van der Waals surface area contributed by atoms with Crippen molar-refractivity contribution in [2.45, 2.75) is 38.5 Å². The number of Topliss-reactive ketones (excluding diaryl/α,β-unsaturated/α-hetero) is 1. The zero-order valence-corrected chi connectivity index (χ0v) is 20.4. The molecule has 2 atom stereocenters. The van der Waals surface area contributed by atoms with Gasteiger partial charge in [-0.2, -0.15) is 0 Å². The first kappa shape index (κ1) is 25.5. The number of nitrogens with zero attached hydrogens (tertiary/aromatic N) is 1. The predicted molar refractivity (Wildman–Crippen MR) is 131 cm³/mol. The molecule has 0 saturated heterocycles. The molecule has 0 amide bonds. The van der Waals surface area contributed by atoms with Gasteiger partial charge >= 0.3 is 0 Å². The zero-order valence-electron chi connectivity index (χ0n) is 19.5. The largest absolute Gasteiger partial charge is 0.489 e. The number of allylic oxidation sites excluding steroid dienone is 2. The Balaban J connectivity index is 0.000000380. The molecule has 1 saturated carbocycles. The maximum atomic E-state index is 12.0. The summed E-state index contributed by atoms with van der Waals surface area (Å²) in [5, 5.41) is 0. The smallest absolute Gasteiger partial charge is 0.195 e. The Morgan fingerprint density at radius 2 is 1.72 bits per heavy atom. The van der Waals surface area contributed by atoms with Crippen molar-refractivity contribution in [3.8, 4) is 0 Å². The van der Waals surface area contributed by atoms with Gasteiger partial charge in [0.2, 0.25) is 0 Å². The molecule has 3 rings (SSSR count). The maximum Gasteiger partial charge on any atom is 0.195 e. The zero-order chi connectivity index (χ0) is 23.7. The van der Waals surface area contributed by atoms with Gasteiger partial charge in [-0.25, -0.2) is 8.42 Å². The van der Waals surface area contributed by atoms with Crippen LogP contribution in [0.25, 0.3) is 5.57 Å². The Morgan fingerprint density at radius 3 is 2.12 bits per heavy atom. The van der Waals surface area contributed by atoms with E-state index in [1.165, 1.54) is 24.6 Å². The van der Waals surface area contributed by atoms with E-state index in [0.29, 0.717) is 29.6 Å². The van der Waals surface area contributed by atoms with Crippen molar-refractivity contribution >= 4 is 27.4 Å². The van der Waals surface area contributed by atoms with Gasteiger partial charge in [0.15, 0.2) is 21.4 Å². The van der Waals surface area contributed by atoms with Crippen LogP contribution in [0.2, 0.25) is 0 Å². The summed E-state index contributed by atoms with van der Waals surface area (Å²) in [4.78, 5) is 16.3. The molecule has 172 valence electrons. The number of ketones is 1. The number of carbonyl (C=O) groups excluding carboxylic acids is 1. The molecular formula is C26H33NO4S. The van der Waals surface area contributed by atoms with Crippen molar-refractivity contribution < 1.29 is 17.9 Å². The second-order valence-electron chi connectivity index (χ2n) is 8.11. The van der Waals surface area contributed by atoms with Crippen LogP contribution in [0.5, 0.6) is 0 Å². The topological polar surface area (TPSA) is 72.8 Å². The number of ether oxygens (including phenoxy) is 1. The summed E-state index contributed by atoms with van der Waals surface area (Å²) in [6, 6.07) is 16.8. The molecule has 2 aromatic carbocycles. The molecule has 1 aliphatic carbocycles. The first-order chi connectivity index (χ1) is 15.2. The molecule has 1 fully saturated rings. The van der Waals surface area contributed by atoms with Crippen molar-refractivity contribution in [3.63, 3.8) is 0 Å². The number of hydrogen-bond acceptors (Lipinski definition) is 5. The van der Waals surface area contributed by atoms with Gasteiger partial charge in [0.25, 0.3) is 0 Å². The Morgan fingerprint density at radius 1 is 1.12 bits per heavy atom. The quantitative estimate of drug-likeness (QED) is 0.319. The van der Waals surface area contributed by atoms with E-state index in [4.69, 9.17) is 4.74 Å². The van der Waals surface area contributed by atoms with E-state index in [1.807, 2.05) is 6.07 Å². The summed E-state index contributed by atoms with van der Waals surface area (Å²) in [5.41, 5.74) is 2.67. The highest BCUT2D eigenvalue weighted by atomic mass is 32.2. The van der Waals surface area contributed by atoms with E-state index in [2.05, 4.69) is 43.1 Å². The summed E-state index contributed by atoms with van der Waals surface area (Å²) in [5.74, 6) is 1.22. The average molecular weight is 456 g/mol. The van der Waals surface area contributed by atoms with E-state index in [0.717, 1.165) is 19.1 Å². The van der Waals surface area contributed by atoms with E-state index >= 15 is 0 Å². The van der Waals surface area contributed by atoms with Crippen molar-refractivity contribution in [1.82, 2.24) is 0 Å². The third-order valence-corrected chi connectivity index (χ3v) is 6.51. The minimum atomic E-state index is -3.26. The van der Waals surface area contributed by atoms with Crippen LogP contribution in [0.4, 0.5) is 0 Å². The van der Waals surface area contributed by atoms with Gasteiger partial charge in [0.1, 0.15) is 0 Å². The molecule has 0 aromatic heterocycles. The summed E-state index contributed by atoms with van der Waals surface area (Å²) in [6.45, 7) is 6.29. The lowest BCUT2D eigenvalue weighted by Crippen LogP contribution is -2.09. The second kappa shape index (κ2) is 11.8. The van der Waals surface area contributed by atoms with Crippen LogP contribution in [-0.4, -0.2) is 40.3 Å². The fourth-order valence-corrected chi connectivity index (χ4v) is 3.81. The molecule has 2 aromatic rings. The van der Waals surface area contributed by atoms with Crippen molar-refractivity contribution in [2.75, 3.05) is 19.9 Å². The van der Waals surface area contributed by atoms with Crippen LogP contribution < -0.4 is 0 Å². The second-order valence-corrected chi connectivity index (χ2v) is 10.1. The normalized spacial score (nSPS) is 18.4. The van der Waals surface area contributed by atoms with Crippen LogP contribution >= 0.6 is 0 Å². The average Bonchev–Trinajstić information content (AvgIpc) is 3.48. The van der Waals surface area contributed by atoms with Gasteiger partial charge in [-0.3, -0.25) is 9.79 Å². The number of benzene rings is 2. The van der Waals surface area contributed by atoms with E-state index in [9.17, 15) is 13.2 Å². The Bertz CT molecular complexity index is 1050. The van der Waals surface area contributed by atoms with Crippen molar-refractivity contribution in [1.29, 1.82) is 0 Å². The number of hydrogen-bond donors (Lipinski definition) is 0. The summed E-state index contributed by atoms with van der Waals surface area (Å²) in [6.07, 6.45) is 4.99. The SMILES string of the molecule is CCc1ccccc1.CN=C/C(=C(/OCC1CC1C)C(C)=O)c1ccc(S(C)(=O)=O)cc1. The lowest BCUT2D eigenvalue weighted by atomic mass is 10.0. The van der Waals surface area contributed by atoms with E-state index in [-0.39, 0.29) is 16.4 Å². The highest BCUT2D eigenvalue weighted by Crippen LogP contribution is 2.38. The lowest BCUT2D eigenvalue weighted by molar-refractivity contribution is -0.116. The Hall–Kier alpha value is -2.73. The highest BCUT2D eigenvalue weighted by Gasteiger charge is 2.33. The van der Waals surface area contributed by atoms with Crippen molar-refractivity contribution in [2.24, 2.45) is 16.8 Å². The van der Waals surface area contributed by atoms with Gasteiger partial charge in [0.05, 0.1) is 11.5 Å². The molecule has 2 unspecified atom stereocenters. The minimum Gasteiger partial charge on any atom is -0.489 e. The fourth-order valence-electron chi connectivity index (χ4n) is 3.18. The molecule has 0 aliphatic heterocycles. The summed E-state index contributed by atoms with van der Waals surface area (Å²) >= 11 is 0. The maximum absolute atomic E-state index is 12.0. The first-order valence-electron chi connectivity index (χ1n) is 10.8. The van der Waals surface area contributed by atoms with Gasteiger partial charge < -0.3 is 4.74 Å². The molecule has 0 radical (unpaired) electrons. The van der Waals surface area contributed by atoms with Gasteiger partial charge in [-0.15, -0.1) is 0 Å². The third-order valence-electron chi connectivity index (χ3n) is 5.39. The molecular weight excluding hydrogens is 422 g/mol. The van der Waals surface area contributed by atoms with E-state index < -0.39 is 9.84 Å². The molecule has 0 N–H and O–H groups in total. The van der Waals surface area contributed by atoms with Crippen LogP contribution in [0.1, 0.15) is 38.3 Å². The molecule has 5 nitrogen and oxygen atoms in total. The Labute approximate surface area is 192 Å². The Kier molecular flexibility index (Phi) is 9.39. The fraction of sp³-hybridized carbons (Fsp3) is 0.385. The monoisotopic (exact) mass is 455 g/mol.